The Morgan fingerprint density at radius 1 is 1.15 bits per heavy atom. The molecule has 2 aromatic carbocycles. The molecule has 3 aliphatic heterocycles. The van der Waals surface area contributed by atoms with E-state index in [2.05, 4.69) is 58.5 Å². The molecule has 5 heterocycles. The van der Waals surface area contributed by atoms with Crippen molar-refractivity contribution in [2.45, 2.75) is 111 Å². The number of methoxy groups -OCH3 is 1. The highest BCUT2D eigenvalue weighted by atomic mass is 16.8. The topological polar surface area (TPSA) is 170 Å². The molecule has 2 saturated heterocycles. The Labute approximate surface area is 364 Å². The van der Waals surface area contributed by atoms with Gasteiger partial charge in [-0.15, -0.1) is 0 Å². The summed E-state index contributed by atoms with van der Waals surface area (Å²) in [6, 6.07) is 11.1. The smallest absolute Gasteiger partial charge is 0.326 e. The second-order valence-corrected chi connectivity index (χ2v) is 18.4. The molecule has 3 amide bonds. The number of carbonyl (C=O) groups excluding carboxylic acids is 3. The molecule has 0 radical (unpaired) electrons. The van der Waals surface area contributed by atoms with Crippen LogP contribution < -0.4 is 16.1 Å². The van der Waals surface area contributed by atoms with E-state index in [1.54, 1.807) is 32.5 Å². The van der Waals surface area contributed by atoms with Gasteiger partial charge in [-0.05, 0) is 103 Å². The lowest BCUT2D eigenvalue weighted by Gasteiger charge is -2.35. The maximum absolute atomic E-state index is 14.6. The average Bonchev–Trinajstić information content (AvgIpc) is 3.81. The van der Waals surface area contributed by atoms with Crippen LogP contribution in [-0.4, -0.2) is 105 Å². The molecule has 62 heavy (non-hydrogen) atoms. The van der Waals surface area contributed by atoms with Crippen LogP contribution in [0.15, 0.2) is 54.9 Å². The molecule has 0 aliphatic carbocycles. The molecule has 7 rings (SSSR count). The Balaban J connectivity index is 1.33. The molecule has 15 heteroatoms. The van der Waals surface area contributed by atoms with Gasteiger partial charge in [-0.3, -0.25) is 24.4 Å². The lowest BCUT2D eigenvalue weighted by molar-refractivity contribution is -0.835. The summed E-state index contributed by atoms with van der Waals surface area (Å²) < 4.78 is 7.92. The lowest BCUT2D eigenvalue weighted by atomic mass is 9.84. The Morgan fingerprint density at radius 2 is 1.94 bits per heavy atom. The largest absolute Gasteiger partial charge is 0.508 e. The predicted octanol–water partition coefficient (Wildman–Crippen LogP) is 5.50. The first-order valence-corrected chi connectivity index (χ1v) is 22.0. The van der Waals surface area contributed by atoms with Crippen LogP contribution in [0.1, 0.15) is 77.5 Å². The standard InChI is InChI=1S/C47H62N8O7/c1-9-53-39-13-12-31-23-35(39)36(43(53)37-25-48-16-15-32(37)26-61-8)24-47(5,6)27-62-55(60)40-11-10-18-54(51-40)45(58)38(21-30-19-33(31)22-34(56)20-30)50-44(57)42(28(2)3)52(7)46(59)41-29(4)14-17-49-41/h12-13,15-16,19-20,22-23,25,28-29,38,40-42,49,51H,9-11,14,17-18,21,24,26-27H2,1-8H3,(H-,50,56,57)/p+1/t29-,38-,40+,41+,42-/m0/s1. The molecule has 5 atom stereocenters. The van der Waals surface area contributed by atoms with Crippen LogP contribution in [0.3, 0.4) is 0 Å². The summed E-state index contributed by atoms with van der Waals surface area (Å²) in [4.78, 5) is 69.2. The number of ether oxygens (including phenoxy) is 1. The molecule has 6 bridgehead atoms. The monoisotopic (exact) mass is 851 g/mol. The summed E-state index contributed by atoms with van der Waals surface area (Å²) in [5.74, 6) is -1.24. The number of fused-ring (bicyclic) bond motifs is 6. The third-order valence-electron chi connectivity index (χ3n) is 12.7. The first-order chi connectivity index (χ1) is 29.6. The number of carbonyl (C=O) groups is 3. The molecular formula is C47H63N8O7+. The van der Waals surface area contributed by atoms with E-state index >= 15 is 0 Å². The Kier molecular flexibility index (Phi) is 13.4. The van der Waals surface area contributed by atoms with Gasteiger partial charge in [-0.1, -0.05) is 46.8 Å². The number of nitrogens with zero attached hydrogens (tertiary/aromatic N) is 5. The number of phenols is 1. The Bertz CT molecular complexity index is 2320. The summed E-state index contributed by atoms with van der Waals surface area (Å²) >= 11 is 0. The highest BCUT2D eigenvalue weighted by Gasteiger charge is 2.42. The number of likely N-dealkylation sites (N-methyl/N-ethyl adjacent to an activating group) is 1. The van der Waals surface area contributed by atoms with Crippen LogP contribution in [0.2, 0.25) is 0 Å². The van der Waals surface area contributed by atoms with Crippen LogP contribution in [0, 0.1) is 22.2 Å². The van der Waals surface area contributed by atoms with Gasteiger partial charge in [0, 0.05) is 74.4 Å². The van der Waals surface area contributed by atoms with Gasteiger partial charge < -0.3 is 29.9 Å². The van der Waals surface area contributed by atoms with E-state index in [1.807, 2.05) is 45.2 Å². The van der Waals surface area contributed by atoms with Crippen LogP contribution in [0.25, 0.3) is 33.3 Å². The van der Waals surface area contributed by atoms with E-state index in [0.29, 0.717) is 49.4 Å². The van der Waals surface area contributed by atoms with Crippen molar-refractivity contribution in [2.24, 2.45) is 17.3 Å². The fourth-order valence-corrected chi connectivity index (χ4v) is 9.56. The van der Waals surface area contributed by atoms with Gasteiger partial charge in [-0.2, -0.15) is 5.43 Å². The van der Waals surface area contributed by atoms with Gasteiger partial charge in [0.15, 0.2) is 6.61 Å². The third-order valence-corrected chi connectivity index (χ3v) is 12.7. The van der Waals surface area contributed by atoms with Crippen LogP contribution in [0.4, 0.5) is 0 Å². The van der Waals surface area contributed by atoms with Gasteiger partial charge in [0.05, 0.1) is 23.2 Å². The van der Waals surface area contributed by atoms with E-state index in [9.17, 15) is 24.4 Å². The fourth-order valence-electron chi connectivity index (χ4n) is 9.56. The van der Waals surface area contributed by atoms with E-state index in [-0.39, 0.29) is 36.5 Å². The fraction of sp³-hybridized carbons (Fsp3) is 0.532. The third kappa shape index (κ3) is 9.20. The molecule has 2 fully saturated rings. The van der Waals surface area contributed by atoms with Crippen molar-refractivity contribution >= 4 is 28.6 Å². The molecule has 332 valence electrons. The summed E-state index contributed by atoms with van der Waals surface area (Å²) in [6.45, 7) is 14.2. The summed E-state index contributed by atoms with van der Waals surface area (Å²) in [6.07, 6.45) is 5.16. The number of benzene rings is 2. The van der Waals surface area contributed by atoms with Crippen LogP contribution in [0.5, 0.6) is 5.75 Å². The van der Waals surface area contributed by atoms with E-state index in [0.717, 1.165) is 57.4 Å². The van der Waals surface area contributed by atoms with Crippen LogP contribution >= 0.6 is 0 Å². The first-order valence-electron chi connectivity index (χ1n) is 22.0. The van der Waals surface area contributed by atoms with Crippen molar-refractivity contribution in [2.75, 3.05) is 33.9 Å². The molecule has 0 unspecified atom stereocenters. The zero-order chi connectivity index (χ0) is 44.5. The molecule has 0 saturated carbocycles. The lowest BCUT2D eigenvalue weighted by Crippen LogP contribution is -2.62. The molecule has 2 aromatic heterocycles. The van der Waals surface area contributed by atoms with Crippen molar-refractivity contribution in [1.29, 1.82) is 0 Å². The van der Waals surface area contributed by atoms with E-state index < -0.39 is 41.5 Å². The minimum Gasteiger partial charge on any atom is -0.508 e. The second-order valence-electron chi connectivity index (χ2n) is 18.4. The average molecular weight is 852 g/mol. The molecule has 15 nitrogen and oxygen atoms in total. The quantitative estimate of drug-likeness (QED) is 0.169. The zero-order valence-electron chi connectivity index (χ0n) is 37.4. The van der Waals surface area contributed by atoms with Gasteiger partial charge in [0.25, 0.3) is 5.91 Å². The van der Waals surface area contributed by atoms with Gasteiger partial charge >= 0.3 is 6.17 Å². The highest BCUT2D eigenvalue weighted by Crippen LogP contribution is 2.41. The van der Waals surface area contributed by atoms with Crippen molar-refractivity contribution in [1.82, 2.24) is 35.5 Å². The molecule has 3 aliphatic rings. The van der Waals surface area contributed by atoms with Crippen molar-refractivity contribution in [3.8, 4) is 28.1 Å². The van der Waals surface area contributed by atoms with E-state index in [1.165, 1.54) is 9.91 Å². The van der Waals surface area contributed by atoms with Gasteiger partial charge in [0.2, 0.25) is 16.7 Å². The number of nitrogens with one attached hydrogen (secondary N) is 3. The number of aromatic hydroxyl groups is 1. The minimum atomic E-state index is -1.12. The molecule has 0 spiro atoms. The molecular weight excluding hydrogens is 789 g/mol. The van der Waals surface area contributed by atoms with Crippen LogP contribution in [-0.2, 0) is 50.0 Å². The molecule has 4 N–H and O–H groups in total. The maximum atomic E-state index is 14.6. The highest BCUT2D eigenvalue weighted by molar-refractivity contribution is 5.96. The number of hydrogen-bond donors (Lipinski definition) is 4. The number of pyridine rings is 1. The number of rotatable bonds is 9. The summed E-state index contributed by atoms with van der Waals surface area (Å²) in [5, 5.41) is 20.0. The van der Waals surface area contributed by atoms with E-state index in [4.69, 9.17) is 9.57 Å². The summed E-state index contributed by atoms with van der Waals surface area (Å²) in [5.41, 5.74) is 9.81. The number of hydrogen-bond acceptors (Lipinski definition) is 10. The normalized spacial score (nSPS) is 22.3. The second kappa shape index (κ2) is 18.5. The predicted molar refractivity (Wildman–Crippen MR) is 236 cm³/mol. The Morgan fingerprint density at radius 3 is 2.65 bits per heavy atom. The number of amides is 3. The number of hydrazine groups is 1. The number of aromatic nitrogens is 2. The number of aryl methyl sites for hydroxylation is 1. The SMILES string of the molecule is CCn1c(-c2cnccc2COC)c2c3cc(ccc31)-c1cc(O)cc(c1)C[C@H](NC(=O)[C@H](C(C)C)N(C)C(=O)[C@@H]1NCC[C@@H]1C)C(=O)N1CCC[C@H](N1)[N+](=O)OCC(C)(C)C2. The zero-order valence-corrected chi connectivity index (χ0v) is 37.4. The van der Waals surface area contributed by atoms with Crippen molar-refractivity contribution in [3.63, 3.8) is 0 Å². The Hall–Kier alpha value is -5.38. The van der Waals surface area contributed by atoms with Crippen molar-refractivity contribution < 1.29 is 34.0 Å². The van der Waals surface area contributed by atoms with Crippen molar-refractivity contribution in [3.05, 3.63) is 76.5 Å². The van der Waals surface area contributed by atoms with Gasteiger partial charge in [0.1, 0.15) is 17.8 Å². The summed E-state index contributed by atoms with van der Waals surface area (Å²) in [7, 11) is 3.32. The van der Waals surface area contributed by atoms with Gasteiger partial charge in [-0.25, -0.2) is 4.84 Å². The first kappa shape index (κ1) is 44.7. The maximum Gasteiger partial charge on any atom is 0.326 e. The molecule has 4 aromatic rings. The minimum absolute atomic E-state index is 0.0103. The number of phenolic OH excluding ortho intramolecular Hbond substituents is 1.